The Balaban J connectivity index is 3.00. The number of nitrogens with two attached hydrogens (primary N) is 1. The van der Waals surface area contributed by atoms with Gasteiger partial charge in [-0.25, -0.2) is 5.01 Å². The van der Waals surface area contributed by atoms with Crippen LogP contribution in [0.1, 0.15) is 123 Å². The summed E-state index contributed by atoms with van der Waals surface area (Å²) < 4.78 is 0. The predicted molar refractivity (Wildman–Crippen MR) is 106 cm³/mol. The molecule has 23 heavy (non-hydrogen) atoms. The average molecular weight is 327 g/mol. The molecule has 0 rings (SSSR count). The molecule has 0 aliphatic heterocycles. The fourth-order valence-corrected chi connectivity index (χ4v) is 3.26. The molecule has 0 unspecified atom stereocenters. The Hall–Kier alpha value is -0.0800. The second-order valence-electron chi connectivity index (χ2n) is 7.34. The molecule has 0 heterocycles. The zero-order chi connectivity index (χ0) is 17.0. The summed E-state index contributed by atoms with van der Waals surface area (Å²) in [5.74, 6) is 5.88. The SMILES string of the molecule is CCCCCCCCCCCCCCCCCCN(N)CCC. The normalized spacial score (nSPS) is 11.5. The quantitative estimate of drug-likeness (QED) is 0.160. The van der Waals surface area contributed by atoms with E-state index >= 15 is 0 Å². The number of hydrogen-bond donors (Lipinski definition) is 1. The first kappa shape index (κ1) is 22.9. The molecule has 0 aliphatic carbocycles. The minimum absolute atomic E-state index is 1.04. The summed E-state index contributed by atoms with van der Waals surface area (Å²) >= 11 is 0. The number of hydrogen-bond acceptors (Lipinski definition) is 2. The third-order valence-corrected chi connectivity index (χ3v) is 4.81. The van der Waals surface area contributed by atoms with Crippen LogP contribution in [0.2, 0.25) is 0 Å². The van der Waals surface area contributed by atoms with E-state index in [0.29, 0.717) is 0 Å². The van der Waals surface area contributed by atoms with Gasteiger partial charge in [0.25, 0.3) is 0 Å². The van der Waals surface area contributed by atoms with E-state index in [2.05, 4.69) is 13.8 Å². The molecule has 0 aromatic rings. The fourth-order valence-electron chi connectivity index (χ4n) is 3.26. The van der Waals surface area contributed by atoms with E-state index in [1.165, 1.54) is 103 Å². The third kappa shape index (κ3) is 19.9. The molecule has 0 saturated carbocycles. The first-order valence-electron chi connectivity index (χ1n) is 10.8. The number of nitrogens with zero attached hydrogens (tertiary/aromatic N) is 1. The van der Waals surface area contributed by atoms with Crippen LogP contribution in [0, 0.1) is 0 Å². The van der Waals surface area contributed by atoms with Crippen molar-refractivity contribution < 1.29 is 0 Å². The number of unbranched alkanes of at least 4 members (excludes halogenated alkanes) is 15. The Morgan fingerprint density at radius 1 is 0.435 bits per heavy atom. The van der Waals surface area contributed by atoms with Crippen molar-refractivity contribution in [2.24, 2.45) is 5.84 Å². The summed E-state index contributed by atoms with van der Waals surface area (Å²) in [4.78, 5) is 0. The van der Waals surface area contributed by atoms with E-state index < -0.39 is 0 Å². The number of rotatable bonds is 19. The highest BCUT2D eigenvalue weighted by Gasteiger charge is 1.97. The van der Waals surface area contributed by atoms with Crippen molar-refractivity contribution in [2.45, 2.75) is 123 Å². The first-order valence-corrected chi connectivity index (χ1v) is 10.8. The molecule has 2 heteroatoms. The molecule has 0 saturated heterocycles. The highest BCUT2D eigenvalue weighted by Crippen LogP contribution is 2.13. The van der Waals surface area contributed by atoms with Crippen LogP contribution in [0.4, 0.5) is 0 Å². The molecule has 0 aromatic carbocycles. The van der Waals surface area contributed by atoms with Crippen LogP contribution in [0.5, 0.6) is 0 Å². The smallest absolute Gasteiger partial charge is 0.0128 e. The molecule has 2 nitrogen and oxygen atoms in total. The maximum atomic E-state index is 5.88. The van der Waals surface area contributed by atoms with Crippen LogP contribution in [0.25, 0.3) is 0 Å². The molecule has 0 atom stereocenters. The highest BCUT2D eigenvalue weighted by atomic mass is 15.4. The largest absolute Gasteiger partial charge is 0.269 e. The predicted octanol–water partition coefficient (Wildman–Crippen LogP) is 6.83. The van der Waals surface area contributed by atoms with Crippen LogP contribution in [0.15, 0.2) is 0 Å². The van der Waals surface area contributed by atoms with Crippen LogP contribution >= 0.6 is 0 Å². The van der Waals surface area contributed by atoms with Gasteiger partial charge in [0.2, 0.25) is 0 Å². The Kier molecular flexibility index (Phi) is 19.9. The van der Waals surface area contributed by atoms with Gasteiger partial charge in [0.05, 0.1) is 0 Å². The van der Waals surface area contributed by atoms with Gasteiger partial charge in [-0.3, -0.25) is 5.84 Å². The van der Waals surface area contributed by atoms with Gasteiger partial charge >= 0.3 is 0 Å². The van der Waals surface area contributed by atoms with E-state index in [4.69, 9.17) is 5.84 Å². The summed E-state index contributed by atoms with van der Waals surface area (Å²) in [6, 6.07) is 0. The zero-order valence-corrected chi connectivity index (χ0v) is 16.5. The molecule has 0 spiro atoms. The van der Waals surface area contributed by atoms with E-state index in [9.17, 15) is 0 Å². The second kappa shape index (κ2) is 20.0. The summed E-state index contributed by atoms with van der Waals surface area (Å²) in [7, 11) is 0. The van der Waals surface area contributed by atoms with Gasteiger partial charge < -0.3 is 0 Å². The molecule has 0 radical (unpaired) electrons. The van der Waals surface area contributed by atoms with Crippen molar-refractivity contribution in [3.8, 4) is 0 Å². The van der Waals surface area contributed by atoms with E-state index in [-0.39, 0.29) is 0 Å². The monoisotopic (exact) mass is 326 g/mol. The minimum Gasteiger partial charge on any atom is -0.269 e. The molecule has 0 aliphatic rings. The van der Waals surface area contributed by atoms with Gasteiger partial charge in [-0.15, -0.1) is 0 Å². The summed E-state index contributed by atoms with van der Waals surface area (Å²) in [5, 5.41) is 1.98. The van der Waals surface area contributed by atoms with Gasteiger partial charge in [0.15, 0.2) is 0 Å². The molecule has 140 valence electrons. The topological polar surface area (TPSA) is 29.3 Å². The summed E-state index contributed by atoms with van der Waals surface area (Å²) in [6.45, 7) is 6.60. The van der Waals surface area contributed by atoms with Gasteiger partial charge in [-0.2, -0.15) is 0 Å². The Morgan fingerprint density at radius 3 is 1.13 bits per heavy atom. The van der Waals surface area contributed by atoms with Crippen molar-refractivity contribution >= 4 is 0 Å². The molecule has 0 amide bonds. The van der Waals surface area contributed by atoms with Crippen molar-refractivity contribution in [3.63, 3.8) is 0 Å². The van der Waals surface area contributed by atoms with Crippen molar-refractivity contribution in [1.29, 1.82) is 0 Å². The van der Waals surface area contributed by atoms with Crippen LogP contribution in [-0.2, 0) is 0 Å². The summed E-state index contributed by atoms with van der Waals surface area (Å²) in [5.41, 5.74) is 0. The number of hydrazine groups is 1. The molecule has 0 bridgehead atoms. The van der Waals surface area contributed by atoms with Gasteiger partial charge in [0, 0.05) is 13.1 Å². The fraction of sp³-hybridized carbons (Fsp3) is 1.00. The molecule has 0 aromatic heterocycles. The minimum atomic E-state index is 1.04. The zero-order valence-electron chi connectivity index (χ0n) is 16.5. The Bertz CT molecular complexity index is 206. The van der Waals surface area contributed by atoms with Gasteiger partial charge in [0.1, 0.15) is 0 Å². The van der Waals surface area contributed by atoms with Crippen molar-refractivity contribution in [3.05, 3.63) is 0 Å². The van der Waals surface area contributed by atoms with E-state index in [0.717, 1.165) is 19.5 Å². The lowest BCUT2D eigenvalue weighted by molar-refractivity contribution is 0.276. The molecule has 2 N–H and O–H groups in total. The van der Waals surface area contributed by atoms with Gasteiger partial charge in [-0.05, 0) is 12.8 Å². The molecular weight excluding hydrogens is 280 g/mol. The maximum Gasteiger partial charge on any atom is 0.0128 e. The van der Waals surface area contributed by atoms with E-state index in [1.807, 2.05) is 5.01 Å². The molecular formula is C21H46N2. The Labute approximate surface area is 147 Å². The lowest BCUT2D eigenvalue weighted by atomic mass is 10.0. The Morgan fingerprint density at radius 2 is 0.783 bits per heavy atom. The molecule has 0 fully saturated rings. The standard InChI is InChI=1S/C21H46N2/c1-3-5-6-7-8-9-10-11-12-13-14-15-16-17-18-19-21-23(22)20-4-2/h3-22H2,1-2H3. The first-order chi connectivity index (χ1) is 11.3. The van der Waals surface area contributed by atoms with Crippen LogP contribution < -0.4 is 5.84 Å². The lowest BCUT2D eigenvalue weighted by Crippen LogP contribution is -2.32. The highest BCUT2D eigenvalue weighted by molar-refractivity contribution is 4.52. The van der Waals surface area contributed by atoms with E-state index in [1.54, 1.807) is 0 Å². The van der Waals surface area contributed by atoms with Crippen LogP contribution in [-0.4, -0.2) is 18.1 Å². The second-order valence-corrected chi connectivity index (χ2v) is 7.34. The maximum absolute atomic E-state index is 5.88. The van der Waals surface area contributed by atoms with Crippen molar-refractivity contribution in [1.82, 2.24) is 5.01 Å². The third-order valence-electron chi connectivity index (χ3n) is 4.81. The average Bonchev–Trinajstić information content (AvgIpc) is 2.54. The summed E-state index contributed by atoms with van der Waals surface area (Å²) in [6.07, 6.45) is 24.0. The van der Waals surface area contributed by atoms with Crippen LogP contribution in [0.3, 0.4) is 0 Å². The van der Waals surface area contributed by atoms with Crippen molar-refractivity contribution in [2.75, 3.05) is 13.1 Å². The van der Waals surface area contributed by atoms with Gasteiger partial charge in [-0.1, -0.05) is 110 Å². The lowest BCUT2D eigenvalue weighted by Gasteiger charge is -2.14.